The topological polar surface area (TPSA) is 48.7 Å². The number of nitrogens with one attached hydrogen (secondary N) is 1. The molecular formula is C22H33F2IN6. The Bertz CT molecular complexity index is 849. The van der Waals surface area contributed by atoms with E-state index in [4.69, 9.17) is 4.99 Å². The van der Waals surface area contributed by atoms with Gasteiger partial charge in [-0.25, -0.2) is 8.78 Å². The number of aromatic nitrogens is 2. The molecule has 1 N–H and O–H groups in total. The molecule has 2 heterocycles. The maximum atomic E-state index is 14.3. The molecule has 1 aliphatic heterocycles. The van der Waals surface area contributed by atoms with Crippen LogP contribution in [0.4, 0.5) is 8.78 Å². The highest BCUT2D eigenvalue weighted by molar-refractivity contribution is 14.0. The van der Waals surface area contributed by atoms with Crippen LogP contribution >= 0.6 is 24.0 Å². The van der Waals surface area contributed by atoms with Gasteiger partial charge in [0.1, 0.15) is 11.6 Å². The number of aliphatic imine (C=N–C) groups is 1. The Hall–Kier alpha value is -1.75. The molecule has 2 aromatic rings. The average molecular weight is 546 g/mol. The lowest BCUT2D eigenvalue weighted by Crippen LogP contribution is -2.41. The van der Waals surface area contributed by atoms with Crippen molar-refractivity contribution in [3.63, 3.8) is 0 Å². The van der Waals surface area contributed by atoms with E-state index in [-0.39, 0.29) is 36.1 Å². The lowest BCUT2D eigenvalue weighted by atomic mass is 10.0. The molecule has 1 aliphatic rings. The van der Waals surface area contributed by atoms with Gasteiger partial charge in [0.15, 0.2) is 5.96 Å². The second-order valence-corrected chi connectivity index (χ2v) is 8.14. The van der Waals surface area contributed by atoms with Gasteiger partial charge in [-0.05, 0) is 57.5 Å². The number of benzene rings is 1. The van der Waals surface area contributed by atoms with Crippen LogP contribution < -0.4 is 5.32 Å². The van der Waals surface area contributed by atoms with Gasteiger partial charge >= 0.3 is 0 Å². The van der Waals surface area contributed by atoms with E-state index in [1.807, 2.05) is 43.8 Å². The van der Waals surface area contributed by atoms with Crippen molar-refractivity contribution in [1.29, 1.82) is 0 Å². The van der Waals surface area contributed by atoms with E-state index in [1.54, 1.807) is 0 Å². The summed E-state index contributed by atoms with van der Waals surface area (Å²) >= 11 is 0. The quantitative estimate of drug-likeness (QED) is 0.329. The third-order valence-corrected chi connectivity index (χ3v) is 5.57. The summed E-state index contributed by atoms with van der Waals surface area (Å²) in [5.74, 6) is 0.264. The lowest BCUT2D eigenvalue weighted by molar-refractivity contribution is 0.289. The summed E-state index contributed by atoms with van der Waals surface area (Å²) in [6.45, 7) is 4.86. The van der Waals surface area contributed by atoms with E-state index in [0.29, 0.717) is 5.92 Å². The molecule has 2 atom stereocenters. The fourth-order valence-electron chi connectivity index (χ4n) is 4.04. The molecule has 1 aromatic carbocycles. The Morgan fingerprint density at radius 3 is 2.61 bits per heavy atom. The van der Waals surface area contributed by atoms with Crippen molar-refractivity contribution in [2.75, 3.05) is 40.3 Å². The highest BCUT2D eigenvalue weighted by Crippen LogP contribution is 2.25. The number of likely N-dealkylation sites (N-methyl/N-ethyl adjacent to an activating group) is 1. The average Bonchev–Trinajstić information content (AvgIpc) is 3.32. The van der Waals surface area contributed by atoms with Crippen LogP contribution in [0.25, 0.3) is 0 Å². The van der Waals surface area contributed by atoms with E-state index in [9.17, 15) is 8.78 Å². The van der Waals surface area contributed by atoms with Crippen LogP contribution in [0.3, 0.4) is 0 Å². The fraction of sp³-hybridized carbons (Fsp3) is 0.545. The van der Waals surface area contributed by atoms with Gasteiger partial charge in [-0.3, -0.25) is 9.67 Å². The third-order valence-electron chi connectivity index (χ3n) is 5.57. The van der Waals surface area contributed by atoms with E-state index >= 15 is 0 Å². The van der Waals surface area contributed by atoms with Crippen molar-refractivity contribution >= 4 is 29.9 Å². The third kappa shape index (κ3) is 6.61. The van der Waals surface area contributed by atoms with Crippen LogP contribution in [0.2, 0.25) is 0 Å². The first-order valence-corrected chi connectivity index (χ1v) is 10.5. The Balaban J connectivity index is 0.00000341. The molecule has 1 aromatic heterocycles. The van der Waals surface area contributed by atoms with Gasteiger partial charge in [0, 0.05) is 38.4 Å². The molecular weight excluding hydrogens is 513 g/mol. The maximum Gasteiger partial charge on any atom is 0.193 e. The number of nitrogens with zero attached hydrogens (tertiary/aromatic N) is 5. The Morgan fingerprint density at radius 2 is 2.03 bits per heavy atom. The van der Waals surface area contributed by atoms with Crippen LogP contribution in [-0.4, -0.2) is 65.8 Å². The molecule has 9 heteroatoms. The number of hydrogen-bond donors (Lipinski definition) is 1. The number of guanidine groups is 1. The summed E-state index contributed by atoms with van der Waals surface area (Å²) in [5.41, 5.74) is 1.31. The predicted octanol–water partition coefficient (Wildman–Crippen LogP) is 3.45. The maximum absolute atomic E-state index is 14.3. The summed E-state index contributed by atoms with van der Waals surface area (Å²) in [6, 6.07) is 3.51. The zero-order valence-electron chi connectivity index (χ0n) is 18.7. The SMILES string of the molecule is CCNC(=NCC(c1c(F)cccc1F)N(C)C)N1CCC(Cc2cnn(C)c2)C1.I. The number of likely N-dealkylation sites (tertiary alicyclic amines) is 1. The Kier molecular flexibility index (Phi) is 9.67. The number of aryl methyl sites for hydroxylation is 1. The van der Waals surface area contributed by atoms with Crippen molar-refractivity contribution in [3.05, 3.63) is 53.4 Å². The van der Waals surface area contributed by atoms with Gasteiger partial charge in [0.05, 0.1) is 18.8 Å². The summed E-state index contributed by atoms with van der Waals surface area (Å²) < 4.78 is 30.5. The fourth-order valence-corrected chi connectivity index (χ4v) is 4.04. The minimum atomic E-state index is -0.536. The molecule has 6 nitrogen and oxygen atoms in total. The zero-order chi connectivity index (χ0) is 21.7. The molecule has 0 saturated carbocycles. The molecule has 1 saturated heterocycles. The predicted molar refractivity (Wildman–Crippen MR) is 131 cm³/mol. The molecule has 3 rings (SSSR count). The molecule has 0 amide bonds. The standard InChI is InChI=1S/C22H32F2N6.HI/c1-5-25-22(30-10-9-16(15-30)11-17-12-27-29(4)14-17)26-13-20(28(2)3)21-18(23)7-6-8-19(21)24;/h6-8,12,14,16,20H,5,9-11,13,15H2,1-4H3,(H,25,26);1H. The highest BCUT2D eigenvalue weighted by Gasteiger charge is 2.27. The monoisotopic (exact) mass is 546 g/mol. The van der Waals surface area contributed by atoms with Gasteiger partial charge < -0.3 is 15.1 Å². The lowest BCUT2D eigenvalue weighted by Gasteiger charge is -2.26. The van der Waals surface area contributed by atoms with Gasteiger partial charge in [0.25, 0.3) is 0 Å². The van der Waals surface area contributed by atoms with Crippen LogP contribution in [0, 0.1) is 17.6 Å². The first kappa shape index (κ1) is 25.5. The highest BCUT2D eigenvalue weighted by atomic mass is 127. The molecule has 172 valence electrons. The normalized spacial score (nSPS) is 17.7. The van der Waals surface area contributed by atoms with Crippen molar-refractivity contribution in [2.45, 2.75) is 25.8 Å². The number of halogens is 3. The van der Waals surface area contributed by atoms with Crippen molar-refractivity contribution in [3.8, 4) is 0 Å². The first-order valence-electron chi connectivity index (χ1n) is 10.5. The van der Waals surface area contributed by atoms with Gasteiger partial charge in [-0.1, -0.05) is 6.07 Å². The molecule has 1 fully saturated rings. The van der Waals surface area contributed by atoms with Gasteiger partial charge in [-0.15, -0.1) is 24.0 Å². The van der Waals surface area contributed by atoms with Gasteiger partial charge in [0.2, 0.25) is 0 Å². The van der Waals surface area contributed by atoms with Crippen molar-refractivity contribution in [2.24, 2.45) is 18.0 Å². The Labute approximate surface area is 200 Å². The summed E-state index contributed by atoms with van der Waals surface area (Å²) in [4.78, 5) is 8.82. The molecule has 0 spiro atoms. The first-order chi connectivity index (χ1) is 14.4. The van der Waals surface area contributed by atoms with Crippen LogP contribution in [0.1, 0.15) is 30.5 Å². The molecule has 0 radical (unpaired) electrons. The van der Waals surface area contributed by atoms with E-state index in [2.05, 4.69) is 21.5 Å². The minimum Gasteiger partial charge on any atom is -0.357 e. The summed E-state index contributed by atoms with van der Waals surface area (Å²) in [6.07, 6.45) is 6.06. The molecule has 0 bridgehead atoms. The summed E-state index contributed by atoms with van der Waals surface area (Å²) in [5, 5.41) is 7.59. The molecule has 2 unspecified atom stereocenters. The summed E-state index contributed by atoms with van der Waals surface area (Å²) in [7, 11) is 5.57. The van der Waals surface area contributed by atoms with Crippen LogP contribution in [0.5, 0.6) is 0 Å². The van der Waals surface area contributed by atoms with Crippen LogP contribution in [0.15, 0.2) is 35.6 Å². The second kappa shape index (κ2) is 11.8. The second-order valence-electron chi connectivity index (χ2n) is 8.14. The number of rotatable bonds is 7. The van der Waals surface area contributed by atoms with E-state index in [0.717, 1.165) is 38.4 Å². The van der Waals surface area contributed by atoms with Gasteiger partial charge in [-0.2, -0.15) is 5.10 Å². The smallest absolute Gasteiger partial charge is 0.193 e. The molecule has 31 heavy (non-hydrogen) atoms. The largest absolute Gasteiger partial charge is 0.357 e. The number of hydrogen-bond acceptors (Lipinski definition) is 3. The molecule has 0 aliphatic carbocycles. The zero-order valence-corrected chi connectivity index (χ0v) is 21.0. The van der Waals surface area contributed by atoms with Crippen LogP contribution in [-0.2, 0) is 13.5 Å². The van der Waals surface area contributed by atoms with E-state index in [1.165, 1.54) is 23.8 Å². The Morgan fingerprint density at radius 1 is 1.32 bits per heavy atom. The van der Waals surface area contributed by atoms with Crippen molar-refractivity contribution in [1.82, 2.24) is 24.9 Å². The minimum absolute atomic E-state index is 0. The van der Waals surface area contributed by atoms with Crippen molar-refractivity contribution < 1.29 is 8.78 Å². The van der Waals surface area contributed by atoms with E-state index < -0.39 is 17.7 Å².